The number of benzene rings is 1. The Morgan fingerprint density at radius 3 is 2.66 bits per heavy atom. The van der Waals surface area contributed by atoms with Crippen molar-refractivity contribution in [3.8, 4) is 11.1 Å². The van der Waals surface area contributed by atoms with Crippen molar-refractivity contribution in [3.63, 3.8) is 0 Å². The maximum absolute atomic E-state index is 13.6. The number of aliphatic carboxylic acids is 1. The first-order chi connectivity index (χ1) is 13.8. The average Bonchev–Trinajstić information content (AvgIpc) is 3.12. The fraction of sp³-hybridized carbons (Fsp3) is 0.435. The van der Waals surface area contributed by atoms with E-state index in [0.717, 1.165) is 30.4 Å². The number of hydrogen-bond acceptors (Lipinski definition) is 4. The summed E-state index contributed by atoms with van der Waals surface area (Å²) in [5.41, 5.74) is 2.99. The van der Waals surface area contributed by atoms with E-state index < -0.39 is 11.5 Å². The lowest BCUT2D eigenvalue weighted by Gasteiger charge is -2.25. The van der Waals surface area contributed by atoms with Gasteiger partial charge in [0.2, 0.25) is 0 Å². The van der Waals surface area contributed by atoms with Crippen LogP contribution >= 0.6 is 11.3 Å². The zero-order valence-electron chi connectivity index (χ0n) is 17.1. The Morgan fingerprint density at radius 1 is 1.24 bits per heavy atom. The monoisotopic (exact) mass is 410 g/mol. The second-order valence-electron chi connectivity index (χ2n) is 8.30. The molecule has 3 aromatic rings. The topological polar surface area (TPSA) is 72.2 Å². The van der Waals surface area contributed by atoms with E-state index in [1.54, 1.807) is 13.8 Å². The number of aryl methyl sites for hydroxylation is 3. The van der Waals surface area contributed by atoms with Crippen LogP contribution < -0.4 is 5.56 Å². The molecular weight excluding hydrogens is 384 g/mol. The highest BCUT2D eigenvalue weighted by molar-refractivity contribution is 7.17. The third kappa shape index (κ3) is 3.29. The number of rotatable bonds is 5. The molecule has 0 saturated carbocycles. The van der Waals surface area contributed by atoms with Gasteiger partial charge in [0.15, 0.2) is 0 Å². The van der Waals surface area contributed by atoms with Crippen LogP contribution in [0, 0.1) is 0 Å². The first kappa shape index (κ1) is 19.8. The van der Waals surface area contributed by atoms with Crippen molar-refractivity contribution in [1.29, 1.82) is 0 Å². The summed E-state index contributed by atoms with van der Waals surface area (Å²) in [6.07, 6.45) is 5.96. The van der Waals surface area contributed by atoms with E-state index in [9.17, 15) is 14.7 Å². The molecule has 1 aromatic carbocycles. The van der Waals surface area contributed by atoms with Crippen LogP contribution in [0.1, 0.15) is 57.0 Å². The van der Waals surface area contributed by atoms with Gasteiger partial charge in [-0.05, 0) is 62.6 Å². The number of fused-ring (bicyclic) bond motifs is 2. The van der Waals surface area contributed by atoms with Gasteiger partial charge in [-0.3, -0.25) is 9.36 Å². The van der Waals surface area contributed by atoms with Gasteiger partial charge in [0.05, 0.1) is 5.39 Å². The number of carboxylic acid groups (broad SMARTS) is 1. The maximum Gasteiger partial charge on any atom is 0.329 e. The Bertz CT molecular complexity index is 1160. The van der Waals surface area contributed by atoms with Crippen LogP contribution in [0.5, 0.6) is 0 Å². The predicted molar refractivity (Wildman–Crippen MR) is 117 cm³/mol. The third-order valence-electron chi connectivity index (χ3n) is 5.89. The molecule has 1 aliphatic rings. The fourth-order valence-electron chi connectivity index (χ4n) is 4.21. The molecule has 29 heavy (non-hydrogen) atoms. The summed E-state index contributed by atoms with van der Waals surface area (Å²) < 4.78 is 1.38. The van der Waals surface area contributed by atoms with Crippen LogP contribution in [-0.2, 0) is 29.6 Å². The Balaban J connectivity index is 1.97. The molecule has 2 heterocycles. The summed E-state index contributed by atoms with van der Waals surface area (Å²) in [6, 6.07) is 6.45. The standard InChI is InChI=1S/C23H26N2O3S/c1-4-7-18-24-20-19(21(26)25(18)23(2,3)22(27)28)17(13-29-20)16-11-10-14-8-5-6-9-15(14)12-16/h10-13H,4-9H2,1-3H3,(H,27,28). The van der Waals surface area contributed by atoms with E-state index in [4.69, 9.17) is 4.98 Å². The molecule has 0 saturated heterocycles. The minimum Gasteiger partial charge on any atom is -0.480 e. The third-order valence-corrected chi connectivity index (χ3v) is 6.77. The van der Waals surface area contributed by atoms with Crippen LogP contribution in [0.25, 0.3) is 21.3 Å². The van der Waals surface area contributed by atoms with Crippen molar-refractivity contribution in [2.24, 2.45) is 0 Å². The van der Waals surface area contributed by atoms with E-state index in [1.807, 2.05) is 12.3 Å². The van der Waals surface area contributed by atoms with E-state index in [-0.39, 0.29) is 5.56 Å². The minimum atomic E-state index is -1.36. The summed E-state index contributed by atoms with van der Waals surface area (Å²) in [7, 11) is 0. The Morgan fingerprint density at radius 2 is 1.97 bits per heavy atom. The highest BCUT2D eigenvalue weighted by Crippen LogP contribution is 2.34. The number of hydrogen-bond donors (Lipinski definition) is 1. The normalized spacial score (nSPS) is 14.2. The van der Waals surface area contributed by atoms with Gasteiger partial charge in [-0.15, -0.1) is 11.3 Å². The second-order valence-corrected chi connectivity index (χ2v) is 9.16. The van der Waals surface area contributed by atoms with E-state index >= 15 is 0 Å². The number of carboxylic acids is 1. The molecule has 0 radical (unpaired) electrons. The molecule has 5 nitrogen and oxygen atoms in total. The Hall–Kier alpha value is -2.47. The molecule has 6 heteroatoms. The molecule has 1 aliphatic carbocycles. The summed E-state index contributed by atoms with van der Waals surface area (Å²) in [5.74, 6) is -0.500. The van der Waals surface area contributed by atoms with Gasteiger partial charge in [0.25, 0.3) is 5.56 Å². The number of aromatic nitrogens is 2. The van der Waals surface area contributed by atoms with Crippen LogP contribution in [0.2, 0.25) is 0 Å². The average molecular weight is 411 g/mol. The van der Waals surface area contributed by atoms with Gasteiger partial charge in [0, 0.05) is 17.4 Å². The molecule has 0 spiro atoms. The van der Waals surface area contributed by atoms with E-state index in [2.05, 4.69) is 18.2 Å². The van der Waals surface area contributed by atoms with Crippen LogP contribution in [0.15, 0.2) is 28.4 Å². The van der Waals surface area contributed by atoms with Crippen LogP contribution in [-0.4, -0.2) is 20.6 Å². The molecule has 152 valence electrons. The summed E-state index contributed by atoms with van der Waals surface area (Å²) >= 11 is 1.46. The maximum atomic E-state index is 13.6. The van der Waals surface area contributed by atoms with Gasteiger partial charge in [-0.1, -0.05) is 25.1 Å². The number of thiophene rings is 1. The largest absolute Gasteiger partial charge is 0.480 e. The molecule has 0 atom stereocenters. The van der Waals surface area contributed by atoms with Gasteiger partial charge < -0.3 is 5.11 Å². The predicted octanol–water partition coefficient (Wildman–Crippen LogP) is 4.78. The van der Waals surface area contributed by atoms with Gasteiger partial charge in [0.1, 0.15) is 16.2 Å². The van der Waals surface area contributed by atoms with E-state index in [0.29, 0.717) is 22.5 Å². The van der Waals surface area contributed by atoms with Crippen molar-refractivity contribution in [2.75, 3.05) is 0 Å². The highest BCUT2D eigenvalue weighted by Gasteiger charge is 2.34. The Labute approximate surface area is 174 Å². The lowest BCUT2D eigenvalue weighted by Crippen LogP contribution is -2.44. The second kappa shape index (κ2) is 7.41. The summed E-state index contributed by atoms with van der Waals surface area (Å²) in [4.78, 5) is 30.9. The number of nitrogens with zero attached hydrogens (tertiary/aromatic N) is 2. The molecule has 0 aliphatic heterocycles. The molecule has 0 unspecified atom stereocenters. The van der Waals surface area contributed by atoms with Crippen LogP contribution in [0.4, 0.5) is 0 Å². The molecule has 2 aromatic heterocycles. The van der Waals surface area contributed by atoms with E-state index in [1.165, 1.54) is 39.9 Å². The zero-order chi connectivity index (χ0) is 20.8. The zero-order valence-corrected chi connectivity index (χ0v) is 17.9. The Kier molecular flexibility index (Phi) is 5.07. The molecule has 4 rings (SSSR count). The van der Waals surface area contributed by atoms with Crippen molar-refractivity contribution in [3.05, 3.63) is 50.9 Å². The number of carbonyl (C=O) groups is 1. The van der Waals surface area contributed by atoms with Crippen LogP contribution in [0.3, 0.4) is 0 Å². The van der Waals surface area contributed by atoms with Gasteiger partial charge in [-0.25, -0.2) is 9.78 Å². The van der Waals surface area contributed by atoms with Crippen molar-refractivity contribution < 1.29 is 9.90 Å². The molecule has 0 amide bonds. The van der Waals surface area contributed by atoms with Crippen molar-refractivity contribution >= 4 is 27.5 Å². The molecule has 1 N–H and O–H groups in total. The van der Waals surface area contributed by atoms with Crippen molar-refractivity contribution in [2.45, 2.75) is 64.8 Å². The summed E-state index contributed by atoms with van der Waals surface area (Å²) in [6.45, 7) is 5.13. The SMILES string of the molecule is CCCc1nc2scc(-c3ccc4c(c3)CCCC4)c2c(=O)n1C(C)(C)C(=O)O. The van der Waals surface area contributed by atoms with Gasteiger partial charge in [-0.2, -0.15) is 0 Å². The molecule has 0 fully saturated rings. The summed E-state index contributed by atoms with van der Waals surface area (Å²) in [5, 5.41) is 12.3. The quantitative estimate of drug-likeness (QED) is 0.657. The fourth-order valence-corrected chi connectivity index (χ4v) is 5.17. The first-order valence-electron chi connectivity index (χ1n) is 10.2. The lowest BCUT2D eigenvalue weighted by molar-refractivity contribution is -0.146. The molecule has 0 bridgehead atoms. The minimum absolute atomic E-state index is 0.264. The highest BCUT2D eigenvalue weighted by atomic mass is 32.1. The smallest absolute Gasteiger partial charge is 0.329 e. The lowest BCUT2D eigenvalue weighted by atomic mass is 9.89. The molecular formula is C23H26N2O3S. The van der Waals surface area contributed by atoms with Gasteiger partial charge >= 0.3 is 5.97 Å². The first-order valence-corrected chi connectivity index (χ1v) is 11.1. The van der Waals surface area contributed by atoms with Crippen molar-refractivity contribution in [1.82, 2.24) is 9.55 Å².